The summed E-state index contributed by atoms with van der Waals surface area (Å²) in [5.74, 6) is -1.07. The number of hydrogen-bond acceptors (Lipinski definition) is 3. The van der Waals surface area contributed by atoms with E-state index in [0.717, 1.165) is 4.31 Å². The third-order valence-corrected chi connectivity index (χ3v) is 3.74. The van der Waals surface area contributed by atoms with Crippen LogP contribution in [0.2, 0.25) is 0 Å². The molecule has 1 aromatic rings. The summed E-state index contributed by atoms with van der Waals surface area (Å²) < 4.78 is 27.5. The van der Waals surface area contributed by atoms with E-state index in [1.54, 1.807) is 30.3 Å². The average Bonchev–Trinajstić information content (AvgIpc) is 2.34. The van der Waals surface area contributed by atoms with Crippen molar-refractivity contribution in [3.05, 3.63) is 30.3 Å². The van der Waals surface area contributed by atoms with Gasteiger partial charge in [-0.15, -0.1) is 0 Å². The number of aliphatic carboxylic acids is 1. The van der Waals surface area contributed by atoms with E-state index in [2.05, 4.69) is 4.72 Å². The van der Waals surface area contributed by atoms with Crippen molar-refractivity contribution in [2.45, 2.75) is 13.8 Å². The highest BCUT2D eigenvalue weighted by atomic mass is 32.2. The molecule has 0 aromatic heterocycles. The molecular formula is C12H18N2O4S. The number of anilines is 1. The van der Waals surface area contributed by atoms with Crippen molar-refractivity contribution in [1.82, 2.24) is 4.72 Å². The predicted molar refractivity (Wildman–Crippen MR) is 73.2 cm³/mol. The molecule has 0 radical (unpaired) electrons. The summed E-state index contributed by atoms with van der Waals surface area (Å²) in [5.41, 5.74) is 0.321. The minimum absolute atomic E-state index is 0.136. The van der Waals surface area contributed by atoms with E-state index in [-0.39, 0.29) is 12.5 Å². The summed E-state index contributed by atoms with van der Waals surface area (Å²) >= 11 is 0. The number of carboxylic acids is 1. The molecule has 0 aliphatic carbocycles. The molecule has 7 heteroatoms. The Morgan fingerprint density at radius 1 is 1.32 bits per heavy atom. The van der Waals surface area contributed by atoms with Gasteiger partial charge in [0.25, 0.3) is 0 Å². The Balaban J connectivity index is 3.00. The fourth-order valence-corrected chi connectivity index (χ4v) is 2.76. The number of nitrogens with zero attached hydrogens (tertiary/aromatic N) is 1. The van der Waals surface area contributed by atoms with Crippen molar-refractivity contribution in [3.63, 3.8) is 0 Å². The molecule has 6 nitrogen and oxygen atoms in total. The van der Waals surface area contributed by atoms with Crippen LogP contribution in [-0.2, 0) is 15.0 Å². The van der Waals surface area contributed by atoms with Crippen LogP contribution in [0.15, 0.2) is 30.3 Å². The molecular weight excluding hydrogens is 268 g/mol. The summed E-state index contributed by atoms with van der Waals surface area (Å²) in [6.07, 6.45) is 0. The highest BCUT2D eigenvalue weighted by molar-refractivity contribution is 7.90. The third-order valence-electron chi connectivity index (χ3n) is 2.29. The Morgan fingerprint density at radius 3 is 2.37 bits per heavy atom. The molecule has 2 N–H and O–H groups in total. The Labute approximate surface area is 113 Å². The number of nitrogens with one attached hydrogen (secondary N) is 1. The zero-order valence-corrected chi connectivity index (χ0v) is 11.7. The van der Waals surface area contributed by atoms with E-state index in [4.69, 9.17) is 5.11 Å². The van der Waals surface area contributed by atoms with Crippen LogP contribution in [0.1, 0.15) is 13.8 Å². The zero-order valence-electron chi connectivity index (χ0n) is 10.9. The van der Waals surface area contributed by atoms with E-state index in [1.807, 2.05) is 13.8 Å². The summed E-state index contributed by atoms with van der Waals surface area (Å²) in [7, 11) is -3.86. The van der Waals surface area contributed by atoms with Crippen LogP contribution in [0.4, 0.5) is 5.69 Å². The van der Waals surface area contributed by atoms with Gasteiger partial charge in [0.1, 0.15) is 6.54 Å². The first-order valence-electron chi connectivity index (χ1n) is 5.87. The second-order valence-corrected chi connectivity index (χ2v) is 6.16. The van der Waals surface area contributed by atoms with Gasteiger partial charge in [0.2, 0.25) is 0 Å². The minimum atomic E-state index is -3.86. The molecule has 19 heavy (non-hydrogen) atoms. The number of para-hydroxylation sites is 1. The van der Waals surface area contributed by atoms with Crippen LogP contribution in [0, 0.1) is 5.92 Å². The van der Waals surface area contributed by atoms with Crippen molar-refractivity contribution < 1.29 is 18.3 Å². The lowest BCUT2D eigenvalue weighted by molar-refractivity contribution is -0.135. The molecule has 0 fully saturated rings. The topological polar surface area (TPSA) is 86.7 Å². The SMILES string of the molecule is CC(C)CNS(=O)(=O)N(CC(=O)O)c1ccccc1. The second-order valence-electron chi connectivity index (χ2n) is 4.48. The second kappa shape index (κ2) is 6.53. The first-order chi connectivity index (χ1) is 8.83. The van der Waals surface area contributed by atoms with Gasteiger partial charge in [-0.1, -0.05) is 32.0 Å². The van der Waals surface area contributed by atoms with Gasteiger partial charge in [0, 0.05) is 6.54 Å². The fraction of sp³-hybridized carbons (Fsp3) is 0.417. The molecule has 106 valence electrons. The predicted octanol–water partition coefficient (Wildman–Crippen LogP) is 1.07. The van der Waals surface area contributed by atoms with Gasteiger partial charge in [-0.2, -0.15) is 13.1 Å². The molecule has 0 bridgehead atoms. The van der Waals surface area contributed by atoms with Gasteiger partial charge < -0.3 is 5.11 Å². The molecule has 0 heterocycles. The van der Waals surface area contributed by atoms with E-state index >= 15 is 0 Å². The first-order valence-corrected chi connectivity index (χ1v) is 7.31. The van der Waals surface area contributed by atoms with E-state index < -0.39 is 22.7 Å². The van der Waals surface area contributed by atoms with Crippen LogP contribution < -0.4 is 9.03 Å². The summed E-state index contributed by atoms with van der Waals surface area (Å²) in [6.45, 7) is 3.38. The zero-order chi connectivity index (χ0) is 14.5. The molecule has 0 atom stereocenters. The number of carboxylic acid groups (broad SMARTS) is 1. The molecule has 0 unspecified atom stereocenters. The van der Waals surface area contributed by atoms with Crippen molar-refractivity contribution >= 4 is 21.9 Å². The van der Waals surface area contributed by atoms with Crippen molar-refractivity contribution in [2.75, 3.05) is 17.4 Å². The van der Waals surface area contributed by atoms with Crippen LogP contribution in [0.3, 0.4) is 0 Å². The van der Waals surface area contributed by atoms with Gasteiger partial charge >= 0.3 is 16.2 Å². The van der Waals surface area contributed by atoms with Crippen molar-refractivity contribution in [1.29, 1.82) is 0 Å². The van der Waals surface area contributed by atoms with Gasteiger partial charge in [-0.05, 0) is 18.1 Å². The van der Waals surface area contributed by atoms with Crippen LogP contribution in [0.5, 0.6) is 0 Å². The van der Waals surface area contributed by atoms with E-state index in [9.17, 15) is 13.2 Å². The monoisotopic (exact) mass is 286 g/mol. The largest absolute Gasteiger partial charge is 0.480 e. The van der Waals surface area contributed by atoms with Gasteiger partial charge in [0.05, 0.1) is 5.69 Å². The number of carbonyl (C=O) groups is 1. The first kappa shape index (κ1) is 15.5. The molecule has 0 spiro atoms. The standard InChI is InChI=1S/C12H18N2O4S/c1-10(2)8-13-19(17,18)14(9-12(15)16)11-6-4-3-5-7-11/h3-7,10,13H,8-9H2,1-2H3,(H,15,16). The highest BCUT2D eigenvalue weighted by Crippen LogP contribution is 2.16. The summed E-state index contributed by atoms with van der Waals surface area (Å²) in [5, 5.41) is 8.85. The van der Waals surface area contributed by atoms with Crippen LogP contribution in [0.25, 0.3) is 0 Å². The third kappa shape index (κ3) is 4.88. The number of benzene rings is 1. The number of hydrogen-bond donors (Lipinski definition) is 2. The lowest BCUT2D eigenvalue weighted by atomic mass is 10.2. The van der Waals surface area contributed by atoms with E-state index in [1.165, 1.54) is 0 Å². The maximum atomic E-state index is 12.1. The maximum absolute atomic E-state index is 12.1. The van der Waals surface area contributed by atoms with Crippen LogP contribution in [-0.4, -0.2) is 32.6 Å². The lowest BCUT2D eigenvalue weighted by Gasteiger charge is -2.23. The molecule has 0 saturated carbocycles. The highest BCUT2D eigenvalue weighted by Gasteiger charge is 2.24. The Hall–Kier alpha value is -1.60. The lowest BCUT2D eigenvalue weighted by Crippen LogP contribution is -2.44. The normalized spacial score (nSPS) is 11.5. The molecule has 0 amide bonds. The molecule has 1 aromatic carbocycles. The quantitative estimate of drug-likeness (QED) is 0.785. The Morgan fingerprint density at radius 2 is 1.89 bits per heavy atom. The van der Waals surface area contributed by atoms with E-state index in [0.29, 0.717) is 5.69 Å². The molecule has 1 rings (SSSR count). The van der Waals surface area contributed by atoms with Gasteiger partial charge in [-0.3, -0.25) is 4.79 Å². The fourth-order valence-electron chi connectivity index (χ4n) is 1.38. The minimum Gasteiger partial charge on any atom is -0.480 e. The molecule has 0 saturated heterocycles. The molecule has 0 aliphatic heterocycles. The molecule has 0 aliphatic rings. The van der Waals surface area contributed by atoms with Gasteiger partial charge in [0.15, 0.2) is 0 Å². The van der Waals surface area contributed by atoms with Crippen molar-refractivity contribution in [3.8, 4) is 0 Å². The maximum Gasteiger partial charge on any atom is 0.324 e. The van der Waals surface area contributed by atoms with Crippen molar-refractivity contribution in [2.24, 2.45) is 5.92 Å². The summed E-state index contributed by atoms with van der Waals surface area (Å²) in [4.78, 5) is 10.8. The summed E-state index contributed by atoms with van der Waals surface area (Å²) in [6, 6.07) is 8.15. The Bertz CT molecular complexity index is 514. The number of rotatable bonds is 7. The Kier molecular flexibility index (Phi) is 5.31. The van der Waals surface area contributed by atoms with Gasteiger partial charge in [-0.25, -0.2) is 4.31 Å². The average molecular weight is 286 g/mol. The smallest absolute Gasteiger partial charge is 0.324 e. The van der Waals surface area contributed by atoms with Crippen LogP contribution >= 0.6 is 0 Å².